The van der Waals surface area contributed by atoms with E-state index in [4.69, 9.17) is 16.2 Å². The van der Waals surface area contributed by atoms with Crippen LogP contribution >= 0.6 is 0 Å². The predicted octanol–water partition coefficient (Wildman–Crippen LogP) is 0.763. The molecule has 0 saturated carbocycles. The van der Waals surface area contributed by atoms with Gasteiger partial charge < -0.3 is 26.4 Å². The first-order valence-electron chi connectivity index (χ1n) is 11.6. The van der Waals surface area contributed by atoms with Crippen molar-refractivity contribution >= 4 is 29.3 Å². The van der Waals surface area contributed by atoms with Gasteiger partial charge in [0.1, 0.15) is 6.33 Å². The van der Waals surface area contributed by atoms with Crippen molar-refractivity contribution in [2.75, 3.05) is 36.8 Å². The maximum Gasteiger partial charge on any atom is 0.350 e. The van der Waals surface area contributed by atoms with Crippen LogP contribution in [0.1, 0.15) is 35.7 Å². The Bertz CT molecular complexity index is 1320. The number of hydrogen-bond donors (Lipinski definition) is 5. The number of anilines is 3. The summed E-state index contributed by atoms with van der Waals surface area (Å²) in [4.78, 5) is 39.8. The molecule has 0 atom stereocenters. The molecule has 188 valence electrons. The van der Waals surface area contributed by atoms with Gasteiger partial charge in [-0.25, -0.2) is 9.89 Å². The van der Waals surface area contributed by atoms with Crippen LogP contribution in [0.4, 0.5) is 17.5 Å². The summed E-state index contributed by atoms with van der Waals surface area (Å²) in [6.45, 7) is 3.26. The summed E-state index contributed by atoms with van der Waals surface area (Å²) < 4.78 is 7.68. The first-order chi connectivity index (χ1) is 17.5. The van der Waals surface area contributed by atoms with Crippen LogP contribution < -0.4 is 32.5 Å². The molecule has 2 aromatic heterocycles. The number of nitrogens with zero attached hydrogens (tertiary/aromatic N) is 6. The van der Waals surface area contributed by atoms with E-state index in [1.165, 1.54) is 6.33 Å². The minimum atomic E-state index is -0.367. The van der Waals surface area contributed by atoms with Gasteiger partial charge in [-0.15, -0.1) is 0 Å². The number of H-pyrrole nitrogens is 1. The summed E-state index contributed by atoms with van der Waals surface area (Å²) in [6, 6.07) is 5.00. The van der Waals surface area contributed by atoms with Crippen molar-refractivity contribution in [2.45, 2.75) is 25.3 Å². The van der Waals surface area contributed by atoms with Crippen molar-refractivity contribution in [1.82, 2.24) is 29.6 Å². The predicted molar refractivity (Wildman–Crippen MR) is 133 cm³/mol. The number of aromatic amines is 1. The number of likely N-dealkylation sites (tertiary alicyclic amines) is 1. The molecule has 0 unspecified atom stereocenters. The number of nitrogens with one attached hydrogen (secondary N) is 3. The number of aromatic nitrogens is 5. The molecule has 14 heteroatoms. The zero-order valence-corrected chi connectivity index (χ0v) is 19.5. The van der Waals surface area contributed by atoms with Gasteiger partial charge in [0.15, 0.2) is 23.3 Å². The van der Waals surface area contributed by atoms with Crippen LogP contribution in [0.15, 0.2) is 40.5 Å². The Morgan fingerprint density at radius 2 is 2.08 bits per heavy atom. The van der Waals surface area contributed by atoms with E-state index in [1.807, 2.05) is 0 Å². The van der Waals surface area contributed by atoms with Crippen LogP contribution in [0.3, 0.4) is 0 Å². The number of benzene rings is 1. The molecule has 3 aromatic rings. The molecule has 5 rings (SSSR count). The van der Waals surface area contributed by atoms with Crippen LogP contribution in [0.25, 0.3) is 0 Å². The molecule has 0 aliphatic carbocycles. The second kappa shape index (κ2) is 10.0. The number of rotatable bonds is 7. The van der Waals surface area contributed by atoms with Gasteiger partial charge in [-0.2, -0.15) is 15.1 Å². The number of nitrogens with two attached hydrogens (primary N) is 2. The quantitative estimate of drug-likeness (QED) is 0.139. The number of aliphatic imine (C=N–C) groups is 1. The zero-order valence-electron chi connectivity index (χ0n) is 19.5. The van der Waals surface area contributed by atoms with Gasteiger partial charge in [-0.05, 0) is 44.0 Å². The molecule has 1 amide bonds. The smallest absolute Gasteiger partial charge is 0.350 e. The standard InChI is InChI=1S/C22H27N11O3/c23-20(24)25-6-1-7-32-8-4-14(5-9-32)33-11-17-18(29-22(33)35)28-15-10-13(2-3-16(15)36-17)19(34)30-21-26-12-27-31-21/h2-3,10-12,14H,1,4-9H2,(H4,23,24,25)(H,28,29,35)(H2,26,27,30,31,34). The maximum absolute atomic E-state index is 12.8. The van der Waals surface area contributed by atoms with Crippen molar-refractivity contribution in [3.05, 3.63) is 46.8 Å². The Hall–Kier alpha value is -4.46. The number of amides is 1. The SMILES string of the molecule is NC(N)=NCCCN1CCC(n2cc3c(nc2=O)Nc2cc(C(=O)Nc4ncn[nH]4)ccc2O3)CC1. The normalized spacial score (nSPS) is 15.2. The van der Waals surface area contributed by atoms with Crippen molar-refractivity contribution in [3.63, 3.8) is 0 Å². The number of ether oxygens (including phenoxy) is 1. The molecular formula is C22H27N11O3. The minimum Gasteiger partial charge on any atom is -0.450 e. The third-order valence-corrected chi connectivity index (χ3v) is 6.16. The topological polar surface area (TPSA) is 194 Å². The van der Waals surface area contributed by atoms with Crippen molar-refractivity contribution in [1.29, 1.82) is 0 Å². The second-order valence-corrected chi connectivity index (χ2v) is 8.60. The van der Waals surface area contributed by atoms with Crippen molar-refractivity contribution < 1.29 is 9.53 Å². The van der Waals surface area contributed by atoms with E-state index in [0.717, 1.165) is 38.9 Å². The Kier molecular flexibility index (Phi) is 6.49. The Balaban J connectivity index is 1.23. The van der Waals surface area contributed by atoms with E-state index in [0.29, 0.717) is 35.1 Å². The maximum atomic E-state index is 12.8. The molecule has 4 heterocycles. The average Bonchev–Trinajstić information content (AvgIpc) is 3.38. The molecule has 0 spiro atoms. The lowest BCUT2D eigenvalue weighted by molar-refractivity contribution is 0.102. The molecule has 36 heavy (non-hydrogen) atoms. The van der Waals surface area contributed by atoms with Gasteiger partial charge in [0.05, 0.1) is 11.9 Å². The van der Waals surface area contributed by atoms with Gasteiger partial charge in [-0.3, -0.25) is 19.7 Å². The fourth-order valence-electron chi connectivity index (χ4n) is 4.35. The summed E-state index contributed by atoms with van der Waals surface area (Å²) >= 11 is 0. The minimum absolute atomic E-state index is 0.0383. The fourth-order valence-corrected chi connectivity index (χ4v) is 4.35. The molecule has 14 nitrogen and oxygen atoms in total. The first-order valence-corrected chi connectivity index (χ1v) is 11.6. The van der Waals surface area contributed by atoms with E-state index in [2.05, 4.69) is 40.7 Å². The summed E-state index contributed by atoms with van der Waals surface area (Å²) in [6.07, 6.45) is 5.55. The highest BCUT2D eigenvalue weighted by Gasteiger charge is 2.25. The van der Waals surface area contributed by atoms with Crippen molar-refractivity contribution in [3.8, 4) is 11.5 Å². The first kappa shape index (κ1) is 23.3. The second-order valence-electron chi connectivity index (χ2n) is 8.60. The summed E-state index contributed by atoms with van der Waals surface area (Å²) in [5, 5.41) is 12.0. The molecule has 1 fully saturated rings. The van der Waals surface area contributed by atoms with Crippen molar-refractivity contribution in [2.24, 2.45) is 16.5 Å². The Morgan fingerprint density at radius 1 is 1.25 bits per heavy atom. The van der Waals surface area contributed by atoms with Gasteiger partial charge in [0.25, 0.3) is 5.91 Å². The van der Waals surface area contributed by atoms with Gasteiger partial charge in [0.2, 0.25) is 5.95 Å². The number of carbonyl (C=O) groups is 1. The average molecular weight is 494 g/mol. The molecule has 7 N–H and O–H groups in total. The lowest BCUT2D eigenvalue weighted by atomic mass is 10.0. The molecule has 0 bridgehead atoms. The van der Waals surface area contributed by atoms with Gasteiger partial charge >= 0.3 is 5.69 Å². The van der Waals surface area contributed by atoms with Crippen LogP contribution in [-0.2, 0) is 0 Å². The molecule has 2 aliphatic rings. The van der Waals surface area contributed by atoms with E-state index in [1.54, 1.807) is 29.0 Å². The molecular weight excluding hydrogens is 466 g/mol. The highest BCUT2D eigenvalue weighted by atomic mass is 16.5. The van der Waals surface area contributed by atoms with Gasteiger partial charge in [0, 0.05) is 31.2 Å². The summed E-state index contributed by atoms with van der Waals surface area (Å²) in [5.74, 6) is 1.29. The highest BCUT2D eigenvalue weighted by Crippen LogP contribution is 2.41. The van der Waals surface area contributed by atoms with Crippen LogP contribution in [0.5, 0.6) is 11.5 Å². The van der Waals surface area contributed by atoms with E-state index in [9.17, 15) is 9.59 Å². The van der Waals surface area contributed by atoms with E-state index < -0.39 is 0 Å². The summed E-state index contributed by atoms with van der Waals surface area (Å²) in [7, 11) is 0. The Labute approximate surface area is 205 Å². The van der Waals surface area contributed by atoms with Crippen LogP contribution in [-0.4, -0.2) is 67.7 Å². The lowest BCUT2D eigenvalue weighted by Crippen LogP contribution is -2.38. The fraction of sp³-hybridized carbons (Fsp3) is 0.364. The van der Waals surface area contributed by atoms with Gasteiger partial charge in [-0.1, -0.05) is 0 Å². The van der Waals surface area contributed by atoms with E-state index in [-0.39, 0.29) is 29.5 Å². The van der Waals surface area contributed by atoms with Crippen LogP contribution in [0, 0.1) is 0 Å². The third kappa shape index (κ3) is 5.12. The molecule has 1 saturated heterocycles. The largest absolute Gasteiger partial charge is 0.450 e. The van der Waals surface area contributed by atoms with E-state index >= 15 is 0 Å². The lowest BCUT2D eigenvalue weighted by Gasteiger charge is -2.33. The third-order valence-electron chi connectivity index (χ3n) is 6.16. The number of guanidine groups is 1. The number of carbonyl (C=O) groups excluding carboxylic acids is 1. The monoisotopic (exact) mass is 493 g/mol. The molecule has 2 aliphatic heterocycles. The van der Waals surface area contributed by atoms with Crippen LogP contribution in [0.2, 0.25) is 0 Å². The summed E-state index contributed by atoms with van der Waals surface area (Å²) in [5.41, 5.74) is 11.3. The molecule has 0 radical (unpaired) electrons. The molecule has 1 aromatic carbocycles. The zero-order chi connectivity index (χ0) is 25.1. The number of piperidine rings is 1. The number of fused-ring (bicyclic) bond motifs is 2. The Morgan fingerprint density at radius 3 is 2.83 bits per heavy atom. The highest BCUT2D eigenvalue weighted by molar-refractivity contribution is 6.04. The number of hydrogen-bond acceptors (Lipinski definition) is 9.